The molecule has 1 aromatic carbocycles. The molecule has 0 aliphatic rings. The summed E-state index contributed by atoms with van der Waals surface area (Å²) in [5.41, 5.74) is 11.1. The van der Waals surface area contributed by atoms with Crippen molar-refractivity contribution in [3.05, 3.63) is 82.2 Å². The third-order valence-corrected chi connectivity index (χ3v) is 5.47. The zero-order chi connectivity index (χ0) is 23.1. The van der Waals surface area contributed by atoms with Crippen molar-refractivity contribution in [1.82, 2.24) is 24.7 Å². The highest BCUT2D eigenvalue weighted by molar-refractivity contribution is 5.88. The number of nitrogens with one attached hydrogen (secondary N) is 1. The van der Waals surface area contributed by atoms with Gasteiger partial charge in [0.25, 0.3) is 0 Å². The molecule has 0 bridgehead atoms. The normalized spacial score (nSPS) is 11.4. The molecule has 10 nitrogen and oxygen atoms in total. The SMILES string of the molecule is Cc1cc(-c2c(-c3ccccc3)nc(N)[n+]3c(=O)n(Cc4ncoc4C)[nH]c23)cc(CO)n1. The highest BCUT2D eigenvalue weighted by Crippen LogP contribution is 2.33. The summed E-state index contributed by atoms with van der Waals surface area (Å²) in [6.07, 6.45) is 1.34. The molecule has 0 fully saturated rings. The molecule has 10 heteroatoms. The summed E-state index contributed by atoms with van der Waals surface area (Å²) >= 11 is 0. The Kier molecular flexibility index (Phi) is 4.98. The van der Waals surface area contributed by atoms with E-state index in [9.17, 15) is 9.90 Å². The minimum Gasteiger partial charge on any atom is -0.448 e. The lowest BCUT2D eigenvalue weighted by Gasteiger charge is -2.10. The summed E-state index contributed by atoms with van der Waals surface area (Å²) < 4.78 is 8.02. The number of H-pyrrole nitrogens is 1. The lowest BCUT2D eigenvalue weighted by atomic mass is 9.99. The average Bonchev–Trinajstić information content (AvgIpc) is 3.37. The number of aryl methyl sites for hydroxylation is 2. The highest BCUT2D eigenvalue weighted by Gasteiger charge is 2.26. The largest absolute Gasteiger partial charge is 0.448 e. The molecule has 0 spiro atoms. The van der Waals surface area contributed by atoms with Crippen molar-refractivity contribution < 1.29 is 13.9 Å². The van der Waals surface area contributed by atoms with E-state index in [0.29, 0.717) is 34.1 Å². The molecule has 166 valence electrons. The molecule has 0 radical (unpaired) electrons. The Balaban J connectivity index is 1.84. The number of nitrogens with two attached hydrogens (primary N) is 1. The summed E-state index contributed by atoms with van der Waals surface area (Å²) in [5.74, 6) is 0.678. The molecule has 4 aromatic heterocycles. The van der Waals surface area contributed by atoms with Crippen molar-refractivity contribution in [2.24, 2.45) is 0 Å². The third-order valence-electron chi connectivity index (χ3n) is 5.47. The number of aliphatic hydroxyl groups is 1. The van der Waals surface area contributed by atoms with Crippen molar-refractivity contribution in [3.8, 4) is 22.4 Å². The van der Waals surface area contributed by atoms with Crippen LogP contribution in [0.25, 0.3) is 28.0 Å². The van der Waals surface area contributed by atoms with Crippen LogP contribution in [0.5, 0.6) is 0 Å². The van der Waals surface area contributed by atoms with Crippen LogP contribution < -0.4 is 15.8 Å². The monoisotopic (exact) mass is 444 g/mol. The van der Waals surface area contributed by atoms with Crippen LogP contribution in [0.4, 0.5) is 5.95 Å². The minimum atomic E-state index is -0.383. The lowest BCUT2D eigenvalue weighted by molar-refractivity contribution is -0.516. The van der Waals surface area contributed by atoms with Crippen LogP contribution >= 0.6 is 0 Å². The first-order valence-corrected chi connectivity index (χ1v) is 10.3. The molecule has 0 saturated heterocycles. The molecular weight excluding hydrogens is 422 g/mol. The van der Waals surface area contributed by atoms with Crippen molar-refractivity contribution in [2.45, 2.75) is 27.0 Å². The van der Waals surface area contributed by atoms with E-state index in [4.69, 9.17) is 10.2 Å². The van der Waals surface area contributed by atoms with Gasteiger partial charge < -0.3 is 15.3 Å². The Morgan fingerprint density at radius 3 is 2.64 bits per heavy atom. The second kappa shape index (κ2) is 7.99. The van der Waals surface area contributed by atoms with Crippen molar-refractivity contribution in [3.63, 3.8) is 0 Å². The Morgan fingerprint density at radius 2 is 1.94 bits per heavy atom. The molecule has 4 heterocycles. The summed E-state index contributed by atoms with van der Waals surface area (Å²) in [6.45, 7) is 3.60. The van der Waals surface area contributed by atoms with E-state index in [-0.39, 0.29) is 24.8 Å². The maximum atomic E-state index is 13.3. The number of nitrogens with zero attached hydrogens (tertiary/aromatic N) is 5. The summed E-state index contributed by atoms with van der Waals surface area (Å²) in [4.78, 5) is 26.4. The predicted octanol–water partition coefficient (Wildman–Crippen LogP) is 1.77. The van der Waals surface area contributed by atoms with Gasteiger partial charge in [0.15, 0.2) is 6.39 Å². The fourth-order valence-electron chi connectivity index (χ4n) is 3.93. The summed E-state index contributed by atoms with van der Waals surface area (Å²) in [6, 6.07) is 13.3. The number of oxazole rings is 1. The Morgan fingerprint density at radius 1 is 1.15 bits per heavy atom. The van der Waals surface area contributed by atoms with Gasteiger partial charge in [0, 0.05) is 11.3 Å². The summed E-state index contributed by atoms with van der Waals surface area (Å²) in [7, 11) is 0. The Bertz CT molecular complexity index is 1530. The summed E-state index contributed by atoms with van der Waals surface area (Å²) in [5, 5.41) is 12.9. The molecule has 0 aliphatic carbocycles. The van der Waals surface area contributed by atoms with Gasteiger partial charge in [0.05, 0.1) is 17.9 Å². The molecule has 33 heavy (non-hydrogen) atoms. The number of hydrogen-bond acceptors (Lipinski definition) is 7. The van der Waals surface area contributed by atoms with Gasteiger partial charge in [-0.15, -0.1) is 9.38 Å². The molecule has 0 amide bonds. The van der Waals surface area contributed by atoms with E-state index < -0.39 is 0 Å². The topological polar surface area (TPSA) is 140 Å². The standard InChI is InChI=1S/C23H21N7O3/c1-13-8-16(9-17(11-31)26-13)19-20(15-6-4-3-5-7-15)27-22(24)30-21(19)28-29(23(30)32)10-18-14(2)33-12-25-18/h3-9,12,31H,10-11H2,1-2H3,(H2,24,26,27,28)/p+1. The van der Waals surface area contributed by atoms with Crippen molar-refractivity contribution >= 4 is 11.6 Å². The molecule has 0 aliphatic heterocycles. The van der Waals surface area contributed by atoms with E-state index in [0.717, 1.165) is 16.8 Å². The average molecular weight is 444 g/mol. The van der Waals surface area contributed by atoms with Gasteiger partial charge in [-0.05, 0) is 31.5 Å². The lowest BCUT2D eigenvalue weighted by Crippen LogP contribution is -2.44. The van der Waals surface area contributed by atoms with Gasteiger partial charge in [-0.25, -0.2) is 14.9 Å². The number of anilines is 1. The first kappa shape index (κ1) is 20.6. The number of nitrogen functional groups attached to an aromatic ring is 1. The van der Waals surface area contributed by atoms with Crippen LogP contribution in [0.3, 0.4) is 0 Å². The van der Waals surface area contributed by atoms with E-state index >= 15 is 0 Å². The molecule has 0 atom stereocenters. The second-order valence-corrected chi connectivity index (χ2v) is 7.73. The molecule has 5 rings (SSSR count). The van der Waals surface area contributed by atoms with Crippen LogP contribution in [0.1, 0.15) is 22.8 Å². The predicted molar refractivity (Wildman–Crippen MR) is 120 cm³/mol. The van der Waals surface area contributed by atoms with Gasteiger partial charge in [0.2, 0.25) is 5.65 Å². The van der Waals surface area contributed by atoms with Crippen LogP contribution in [-0.4, -0.2) is 29.8 Å². The van der Waals surface area contributed by atoms with E-state index in [2.05, 4.69) is 20.1 Å². The van der Waals surface area contributed by atoms with Crippen LogP contribution in [0.2, 0.25) is 0 Å². The van der Waals surface area contributed by atoms with Crippen LogP contribution in [0.15, 0.2) is 58.1 Å². The molecular formula is C23H22N7O3+. The quantitative estimate of drug-likeness (QED) is 0.351. The van der Waals surface area contributed by atoms with Crippen LogP contribution in [0, 0.1) is 13.8 Å². The van der Waals surface area contributed by atoms with Gasteiger partial charge in [-0.2, -0.15) is 4.68 Å². The number of aromatic nitrogens is 6. The zero-order valence-electron chi connectivity index (χ0n) is 18.1. The third kappa shape index (κ3) is 3.56. The smallest absolute Gasteiger partial charge is 0.428 e. The molecule has 4 N–H and O–H groups in total. The van der Waals surface area contributed by atoms with E-state index in [1.165, 1.54) is 15.5 Å². The van der Waals surface area contributed by atoms with Gasteiger partial charge in [-0.1, -0.05) is 30.3 Å². The van der Waals surface area contributed by atoms with E-state index in [1.807, 2.05) is 43.3 Å². The minimum absolute atomic E-state index is 0.0534. The first-order chi connectivity index (χ1) is 16.0. The highest BCUT2D eigenvalue weighted by atomic mass is 16.3. The number of rotatable bonds is 5. The maximum absolute atomic E-state index is 13.3. The Hall–Kier alpha value is -4.31. The van der Waals surface area contributed by atoms with Gasteiger partial charge in [0.1, 0.15) is 23.7 Å². The number of aromatic amines is 1. The maximum Gasteiger partial charge on any atom is 0.428 e. The van der Waals surface area contributed by atoms with Crippen molar-refractivity contribution in [2.75, 3.05) is 5.73 Å². The fourth-order valence-corrected chi connectivity index (χ4v) is 3.93. The molecule has 5 aromatic rings. The van der Waals surface area contributed by atoms with Gasteiger partial charge in [-0.3, -0.25) is 4.98 Å². The van der Waals surface area contributed by atoms with E-state index in [1.54, 1.807) is 13.0 Å². The van der Waals surface area contributed by atoms with Crippen molar-refractivity contribution in [1.29, 1.82) is 0 Å². The van der Waals surface area contributed by atoms with Crippen LogP contribution in [-0.2, 0) is 13.2 Å². The molecule has 0 unspecified atom stereocenters. The fraction of sp³-hybridized carbons (Fsp3) is 0.174. The number of benzene rings is 1. The first-order valence-electron chi connectivity index (χ1n) is 10.3. The number of hydrogen-bond donors (Lipinski definition) is 3. The Labute approximate surface area is 188 Å². The molecule has 0 saturated carbocycles. The second-order valence-electron chi connectivity index (χ2n) is 7.73. The van der Waals surface area contributed by atoms with Gasteiger partial charge >= 0.3 is 11.6 Å². The number of pyridine rings is 1. The number of aliphatic hydroxyl groups excluding tert-OH is 1. The zero-order valence-corrected chi connectivity index (χ0v) is 18.1. The number of fused-ring (bicyclic) bond motifs is 1.